The van der Waals surface area contributed by atoms with Crippen molar-refractivity contribution in [1.82, 2.24) is 14.5 Å². The molecule has 1 heterocycles. The molecule has 32 heavy (non-hydrogen) atoms. The van der Waals surface area contributed by atoms with Crippen LogP contribution >= 0.6 is 15.9 Å². The van der Waals surface area contributed by atoms with Gasteiger partial charge in [0.1, 0.15) is 11.6 Å². The van der Waals surface area contributed by atoms with Crippen molar-refractivity contribution in [1.29, 1.82) is 0 Å². The van der Waals surface area contributed by atoms with Crippen LogP contribution in [0.2, 0.25) is 0 Å². The molecule has 6 nitrogen and oxygen atoms in total. The summed E-state index contributed by atoms with van der Waals surface area (Å²) in [4.78, 5) is 32.4. The van der Waals surface area contributed by atoms with Gasteiger partial charge in [-0.15, -0.1) is 0 Å². The molecule has 0 saturated carbocycles. The smallest absolute Gasteiger partial charge is 0.318 e. The molecule has 4 aromatic rings. The number of halogens is 2. The van der Waals surface area contributed by atoms with Crippen molar-refractivity contribution < 1.29 is 9.18 Å². The van der Waals surface area contributed by atoms with E-state index in [2.05, 4.69) is 21.2 Å². The van der Waals surface area contributed by atoms with Gasteiger partial charge in [0.05, 0.1) is 22.6 Å². The summed E-state index contributed by atoms with van der Waals surface area (Å²) < 4.78 is 15.8. The Morgan fingerprint density at radius 3 is 2.53 bits per heavy atom. The second-order valence-electron chi connectivity index (χ2n) is 7.33. The molecule has 0 spiro atoms. The molecule has 0 bridgehead atoms. The van der Waals surface area contributed by atoms with E-state index in [1.807, 2.05) is 12.1 Å². The number of carbonyl (C=O) groups is 1. The zero-order valence-corrected chi connectivity index (χ0v) is 19.0. The van der Waals surface area contributed by atoms with Crippen LogP contribution in [0.15, 0.2) is 82.1 Å². The molecule has 0 saturated heterocycles. The van der Waals surface area contributed by atoms with E-state index in [4.69, 9.17) is 4.98 Å². The number of anilines is 1. The Bertz CT molecular complexity index is 1350. The minimum absolute atomic E-state index is 0.287. The van der Waals surface area contributed by atoms with E-state index < -0.39 is 11.9 Å². The number of urea groups is 1. The van der Waals surface area contributed by atoms with E-state index in [9.17, 15) is 14.0 Å². The average Bonchev–Trinajstić information content (AvgIpc) is 2.79. The van der Waals surface area contributed by atoms with Crippen LogP contribution in [0.3, 0.4) is 0 Å². The number of hydrogen-bond acceptors (Lipinski definition) is 3. The molecular formula is C24H20BrFN4O2. The summed E-state index contributed by atoms with van der Waals surface area (Å²) in [6.45, 7) is 1.79. The van der Waals surface area contributed by atoms with Gasteiger partial charge in [-0.25, -0.2) is 14.2 Å². The topological polar surface area (TPSA) is 67.2 Å². The molecule has 2 amide bonds. The number of para-hydroxylation sites is 1. The van der Waals surface area contributed by atoms with Crippen LogP contribution in [0.1, 0.15) is 18.8 Å². The predicted octanol–water partition coefficient (Wildman–Crippen LogP) is 5.51. The monoisotopic (exact) mass is 494 g/mol. The Balaban J connectivity index is 1.78. The number of amides is 2. The molecule has 4 rings (SSSR count). The number of nitrogens with zero attached hydrogens (tertiary/aromatic N) is 3. The Kier molecular flexibility index (Phi) is 6.05. The van der Waals surface area contributed by atoms with Gasteiger partial charge in [0.25, 0.3) is 5.56 Å². The van der Waals surface area contributed by atoms with Gasteiger partial charge in [0.15, 0.2) is 0 Å². The first-order chi connectivity index (χ1) is 15.3. The zero-order chi connectivity index (χ0) is 22.8. The summed E-state index contributed by atoms with van der Waals surface area (Å²) in [6.07, 6.45) is 0. The van der Waals surface area contributed by atoms with E-state index in [1.165, 1.54) is 33.7 Å². The second kappa shape index (κ2) is 8.92. The van der Waals surface area contributed by atoms with Crippen molar-refractivity contribution in [2.45, 2.75) is 13.0 Å². The molecule has 0 aliphatic rings. The van der Waals surface area contributed by atoms with Crippen molar-refractivity contribution in [3.05, 3.63) is 99.3 Å². The van der Waals surface area contributed by atoms with E-state index >= 15 is 0 Å². The van der Waals surface area contributed by atoms with Crippen molar-refractivity contribution in [2.24, 2.45) is 0 Å². The second-order valence-corrected chi connectivity index (χ2v) is 8.25. The van der Waals surface area contributed by atoms with Gasteiger partial charge in [-0.1, -0.05) is 34.1 Å². The first-order valence-corrected chi connectivity index (χ1v) is 10.7. The lowest BCUT2D eigenvalue weighted by molar-refractivity contribution is 0.205. The molecule has 0 fully saturated rings. The number of rotatable bonds is 4. The maximum Gasteiger partial charge on any atom is 0.322 e. The Morgan fingerprint density at radius 1 is 1.09 bits per heavy atom. The van der Waals surface area contributed by atoms with Crippen LogP contribution in [0.25, 0.3) is 16.6 Å². The fourth-order valence-electron chi connectivity index (χ4n) is 3.40. The van der Waals surface area contributed by atoms with Gasteiger partial charge in [-0.2, -0.15) is 0 Å². The number of benzene rings is 3. The van der Waals surface area contributed by atoms with Gasteiger partial charge in [-0.05, 0) is 61.5 Å². The number of hydrogen-bond donors (Lipinski definition) is 1. The highest BCUT2D eigenvalue weighted by atomic mass is 79.9. The first kappa shape index (κ1) is 21.7. The zero-order valence-electron chi connectivity index (χ0n) is 17.4. The van der Waals surface area contributed by atoms with Gasteiger partial charge in [0.2, 0.25) is 0 Å². The molecule has 162 valence electrons. The van der Waals surface area contributed by atoms with E-state index in [-0.39, 0.29) is 11.6 Å². The lowest BCUT2D eigenvalue weighted by Crippen LogP contribution is -2.37. The predicted molar refractivity (Wildman–Crippen MR) is 127 cm³/mol. The maximum absolute atomic E-state index is 13.5. The summed E-state index contributed by atoms with van der Waals surface area (Å²) >= 11 is 3.39. The molecule has 1 aromatic heterocycles. The average molecular weight is 495 g/mol. The number of carbonyl (C=O) groups excluding carboxylic acids is 1. The highest BCUT2D eigenvalue weighted by molar-refractivity contribution is 9.10. The first-order valence-electron chi connectivity index (χ1n) is 9.92. The minimum atomic E-state index is -0.565. The van der Waals surface area contributed by atoms with E-state index in [1.54, 1.807) is 50.4 Å². The van der Waals surface area contributed by atoms with Crippen LogP contribution in [0.4, 0.5) is 14.9 Å². The van der Waals surface area contributed by atoms with Crippen molar-refractivity contribution in [3.8, 4) is 5.69 Å². The number of nitrogens with one attached hydrogen (secondary N) is 1. The van der Waals surface area contributed by atoms with Crippen LogP contribution in [-0.2, 0) is 0 Å². The summed E-state index contributed by atoms with van der Waals surface area (Å²) in [5.74, 6) is -0.0390. The SMILES string of the molecule is CC(c1nc2ccccc2c(=O)n1-c1ccc(F)cc1)N(C)C(=O)Nc1cccc(Br)c1. The van der Waals surface area contributed by atoms with Crippen LogP contribution in [-0.4, -0.2) is 27.5 Å². The molecule has 1 unspecified atom stereocenters. The molecule has 0 aliphatic heterocycles. The van der Waals surface area contributed by atoms with Gasteiger partial charge < -0.3 is 10.2 Å². The van der Waals surface area contributed by atoms with Crippen LogP contribution in [0, 0.1) is 5.82 Å². The molecule has 0 radical (unpaired) electrons. The summed E-state index contributed by atoms with van der Waals surface area (Å²) in [7, 11) is 1.63. The molecule has 8 heteroatoms. The number of aromatic nitrogens is 2. The summed E-state index contributed by atoms with van der Waals surface area (Å²) in [6, 6.07) is 19.0. The van der Waals surface area contributed by atoms with Gasteiger partial charge in [0, 0.05) is 17.2 Å². The Labute approximate surface area is 192 Å². The fourth-order valence-corrected chi connectivity index (χ4v) is 3.80. The highest BCUT2D eigenvalue weighted by Gasteiger charge is 2.24. The summed E-state index contributed by atoms with van der Waals surface area (Å²) in [5.41, 5.74) is 1.34. The van der Waals surface area contributed by atoms with Gasteiger partial charge in [-0.3, -0.25) is 9.36 Å². The van der Waals surface area contributed by atoms with Gasteiger partial charge >= 0.3 is 6.03 Å². The van der Waals surface area contributed by atoms with Crippen molar-refractivity contribution >= 4 is 38.6 Å². The van der Waals surface area contributed by atoms with Crippen LogP contribution < -0.4 is 10.9 Å². The minimum Gasteiger partial charge on any atom is -0.318 e. The Hall–Kier alpha value is -3.52. The standard InChI is InChI=1S/C24H20BrFN4O2/c1-15(29(2)24(32)27-18-7-5-6-16(25)14-18)22-28-21-9-4-3-8-20(21)23(31)30(22)19-12-10-17(26)11-13-19/h3-15H,1-2H3,(H,27,32). The molecule has 1 atom stereocenters. The van der Waals surface area contributed by atoms with E-state index in [0.29, 0.717) is 28.1 Å². The third-order valence-corrected chi connectivity index (χ3v) is 5.73. The van der Waals surface area contributed by atoms with Crippen molar-refractivity contribution in [3.63, 3.8) is 0 Å². The van der Waals surface area contributed by atoms with E-state index in [0.717, 1.165) is 4.47 Å². The Morgan fingerprint density at radius 2 is 1.81 bits per heavy atom. The molecular weight excluding hydrogens is 475 g/mol. The quantitative estimate of drug-likeness (QED) is 0.406. The molecule has 3 aromatic carbocycles. The summed E-state index contributed by atoms with van der Waals surface area (Å²) in [5, 5.41) is 3.28. The normalized spacial score (nSPS) is 11.9. The van der Waals surface area contributed by atoms with Crippen LogP contribution in [0.5, 0.6) is 0 Å². The maximum atomic E-state index is 13.5. The highest BCUT2D eigenvalue weighted by Crippen LogP contribution is 2.23. The number of fused-ring (bicyclic) bond motifs is 1. The van der Waals surface area contributed by atoms with Crippen molar-refractivity contribution in [2.75, 3.05) is 12.4 Å². The third-order valence-electron chi connectivity index (χ3n) is 5.24. The molecule has 1 N–H and O–H groups in total. The third kappa shape index (κ3) is 4.27. The lowest BCUT2D eigenvalue weighted by Gasteiger charge is -2.27. The molecule has 0 aliphatic carbocycles. The fraction of sp³-hybridized carbons (Fsp3) is 0.125. The lowest BCUT2D eigenvalue weighted by atomic mass is 10.2. The largest absolute Gasteiger partial charge is 0.322 e.